The van der Waals surface area contributed by atoms with E-state index in [0.717, 1.165) is 24.0 Å². The molecule has 0 unspecified atom stereocenters. The van der Waals surface area contributed by atoms with Gasteiger partial charge in [0.15, 0.2) is 0 Å². The first kappa shape index (κ1) is 13.1. The van der Waals surface area contributed by atoms with E-state index in [9.17, 15) is 0 Å². The average Bonchev–Trinajstić information content (AvgIpc) is 2.20. The summed E-state index contributed by atoms with van der Waals surface area (Å²) in [6.45, 7) is 0.953. The van der Waals surface area contributed by atoms with Gasteiger partial charge < -0.3 is 5.32 Å². The third-order valence-corrected chi connectivity index (χ3v) is 3.17. The molecular weight excluding hydrogens is 297 g/mol. The van der Waals surface area contributed by atoms with Gasteiger partial charge in [0.1, 0.15) is 0 Å². The van der Waals surface area contributed by atoms with E-state index < -0.39 is 0 Å². The normalized spacial score (nSPS) is 10.3. The van der Waals surface area contributed by atoms with Crippen LogP contribution in [0.2, 0.25) is 10.0 Å². The Hall–Kier alpha value is 0.0800. The van der Waals surface area contributed by atoms with Gasteiger partial charge in [0.2, 0.25) is 0 Å². The number of unbranched alkanes of at least 4 members (excludes halogenated alkanes) is 2. The molecule has 15 heavy (non-hydrogen) atoms. The second kappa shape index (κ2) is 7.37. The van der Waals surface area contributed by atoms with E-state index in [0.29, 0.717) is 10.0 Å². The smallest absolute Gasteiger partial charge is 0.0652 e. The zero-order valence-electron chi connectivity index (χ0n) is 8.40. The summed E-state index contributed by atoms with van der Waals surface area (Å²) in [6, 6.07) is 5.51. The molecule has 0 saturated heterocycles. The average molecular weight is 311 g/mol. The van der Waals surface area contributed by atoms with Crippen molar-refractivity contribution in [3.63, 3.8) is 0 Å². The first-order valence-corrected chi connectivity index (χ1v) is 6.86. The molecule has 0 aromatic heterocycles. The summed E-state index contributed by atoms with van der Waals surface area (Å²) in [5.74, 6) is 0. The number of rotatable bonds is 6. The highest BCUT2D eigenvalue weighted by Crippen LogP contribution is 2.25. The molecule has 1 aromatic carbocycles. The highest BCUT2D eigenvalue weighted by molar-refractivity contribution is 9.09. The maximum absolute atomic E-state index is 6.02. The summed E-state index contributed by atoms with van der Waals surface area (Å²) in [6.07, 6.45) is 3.60. The van der Waals surface area contributed by atoms with Gasteiger partial charge in [-0.1, -0.05) is 45.6 Å². The van der Waals surface area contributed by atoms with Crippen molar-refractivity contribution in [3.8, 4) is 0 Å². The maximum Gasteiger partial charge on any atom is 0.0652 e. The van der Waals surface area contributed by atoms with Crippen LogP contribution in [-0.2, 0) is 0 Å². The van der Waals surface area contributed by atoms with Gasteiger partial charge in [-0.15, -0.1) is 0 Å². The van der Waals surface area contributed by atoms with E-state index in [1.165, 1.54) is 12.8 Å². The molecule has 1 nitrogen and oxygen atoms in total. The van der Waals surface area contributed by atoms with Crippen molar-refractivity contribution in [3.05, 3.63) is 28.2 Å². The second-order valence-corrected chi connectivity index (χ2v) is 4.94. The van der Waals surface area contributed by atoms with Crippen molar-refractivity contribution < 1.29 is 0 Å². The lowest BCUT2D eigenvalue weighted by Crippen LogP contribution is -2.01. The monoisotopic (exact) mass is 309 g/mol. The predicted molar refractivity (Wildman–Crippen MR) is 72.6 cm³/mol. The van der Waals surface area contributed by atoms with E-state index in [1.54, 1.807) is 6.07 Å². The number of anilines is 1. The Bertz CT molecular complexity index is 305. The molecule has 1 aromatic rings. The van der Waals surface area contributed by atoms with Crippen LogP contribution in [0.4, 0.5) is 5.69 Å². The SMILES string of the molecule is Clc1ccc(NCCCCCBr)c(Cl)c1. The number of hydrogen-bond donors (Lipinski definition) is 1. The van der Waals surface area contributed by atoms with E-state index in [2.05, 4.69) is 21.2 Å². The number of halogens is 3. The summed E-state index contributed by atoms with van der Waals surface area (Å²) in [5.41, 5.74) is 0.958. The van der Waals surface area contributed by atoms with Crippen LogP contribution in [0.15, 0.2) is 18.2 Å². The minimum atomic E-state index is 0.671. The van der Waals surface area contributed by atoms with Crippen LogP contribution in [0, 0.1) is 0 Å². The van der Waals surface area contributed by atoms with Gasteiger partial charge in [-0.05, 0) is 31.0 Å². The summed E-state index contributed by atoms with van der Waals surface area (Å²) >= 11 is 15.2. The Morgan fingerprint density at radius 2 is 1.93 bits per heavy atom. The molecule has 4 heteroatoms. The fourth-order valence-corrected chi connectivity index (χ4v) is 2.12. The highest BCUT2D eigenvalue weighted by atomic mass is 79.9. The van der Waals surface area contributed by atoms with Crippen LogP contribution >= 0.6 is 39.1 Å². The fourth-order valence-electron chi connectivity index (χ4n) is 1.25. The molecule has 0 saturated carbocycles. The third-order valence-electron chi connectivity index (χ3n) is 2.06. The fraction of sp³-hybridized carbons (Fsp3) is 0.455. The van der Waals surface area contributed by atoms with Gasteiger partial charge in [0, 0.05) is 16.9 Å². The van der Waals surface area contributed by atoms with Crippen molar-refractivity contribution in [1.29, 1.82) is 0 Å². The third kappa shape index (κ3) is 5.10. The Kier molecular flexibility index (Phi) is 6.46. The van der Waals surface area contributed by atoms with Crippen LogP contribution in [0.25, 0.3) is 0 Å². The topological polar surface area (TPSA) is 12.0 Å². The van der Waals surface area contributed by atoms with Crippen molar-refractivity contribution in [2.45, 2.75) is 19.3 Å². The van der Waals surface area contributed by atoms with Gasteiger partial charge in [-0.3, -0.25) is 0 Å². The first-order chi connectivity index (χ1) is 7.24. The largest absolute Gasteiger partial charge is 0.384 e. The van der Waals surface area contributed by atoms with Crippen molar-refractivity contribution in [1.82, 2.24) is 0 Å². The van der Waals surface area contributed by atoms with Gasteiger partial charge >= 0.3 is 0 Å². The molecule has 0 amide bonds. The molecule has 0 heterocycles. The van der Waals surface area contributed by atoms with Crippen LogP contribution in [0.5, 0.6) is 0 Å². The predicted octanol–water partition coefficient (Wildman–Crippen LogP) is 4.97. The minimum Gasteiger partial charge on any atom is -0.384 e. The molecule has 1 rings (SSSR count). The lowest BCUT2D eigenvalue weighted by Gasteiger charge is -2.08. The molecule has 0 aliphatic rings. The maximum atomic E-state index is 6.02. The summed E-state index contributed by atoms with van der Waals surface area (Å²) in [4.78, 5) is 0. The molecule has 0 bridgehead atoms. The molecular formula is C11H14BrCl2N. The molecule has 0 atom stereocenters. The molecule has 1 N–H and O–H groups in total. The van der Waals surface area contributed by atoms with Crippen LogP contribution in [0.1, 0.15) is 19.3 Å². The number of benzene rings is 1. The van der Waals surface area contributed by atoms with Crippen LogP contribution in [-0.4, -0.2) is 11.9 Å². The Morgan fingerprint density at radius 3 is 2.60 bits per heavy atom. The van der Waals surface area contributed by atoms with E-state index in [4.69, 9.17) is 23.2 Å². The zero-order valence-corrected chi connectivity index (χ0v) is 11.5. The second-order valence-electron chi connectivity index (χ2n) is 3.30. The Morgan fingerprint density at radius 1 is 1.13 bits per heavy atom. The van der Waals surface area contributed by atoms with Gasteiger partial charge in [0.05, 0.1) is 10.7 Å². The van der Waals surface area contributed by atoms with Gasteiger partial charge in [0.25, 0.3) is 0 Å². The number of hydrogen-bond acceptors (Lipinski definition) is 1. The summed E-state index contributed by atoms with van der Waals surface area (Å²) in [7, 11) is 0. The molecule has 84 valence electrons. The summed E-state index contributed by atoms with van der Waals surface area (Å²) in [5, 5.41) is 5.73. The Balaban J connectivity index is 2.31. The van der Waals surface area contributed by atoms with E-state index >= 15 is 0 Å². The van der Waals surface area contributed by atoms with E-state index in [1.807, 2.05) is 12.1 Å². The summed E-state index contributed by atoms with van der Waals surface area (Å²) < 4.78 is 0. The van der Waals surface area contributed by atoms with Gasteiger partial charge in [-0.25, -0.2) is 0 Å². The quantitative estimate of drug-likeness (QED) is 0.578. The van der Waals surface area contributed by atoms with Gasteiger partial charge in [-0.2, -0.15) is 0 Å². The molecule has 0 aliphatic heterocycles. The minimum absolute atomic E-state index is 0.671. The standard InChI is InChI=1S/C11H14BrCl2N/c12-6-2-1-3-7-15-11-5-4-9(13)8-10(11)14/h4-5,8,15H,1-3,6-7H2. The molecule has 0 spiro atoms. The van der Waals surface area contributed by atoms with E-state index in [-0.39, 0.29) is 0 Å². The number of nitrogens with one attached hydrogen (secondary N) is 1. The van der Waals surface area contributed by atoms with Crippen LogP contribution in [0.3, 0.4) is 0 Å². The lowest BCUT2D eigenvalue weighted by atomic mass is 10.2. The lowest BCUT2D eigenvalue weighted by molar-refractivity contribution is 0.752. The first-order valence-electron chi connectivity index (χ1n) is 4.99. The molecule has 0 aliphatic carbocycles. The van der Waals surface area contributed by atoms with Crippen molar-refractivity contribution >= 4 is 44.8 Å². The molecule has 0 radical (unpaired) electrons. The Labute approximate surface area is 109 Å². The van der Waals surface area contributed by atoms with Crippen molar-refractivity contribution in [2.24, 2.45) is 0 Å². The van der Waals surface area contributed by atoms with Crippen molar-refractivity contribution in [2.75, 3.05) is 17.2 Å². The van der Waals surface area contributed by atoms with Crippen LogP contribution < -0.4 is 5.32 Å². The molecule has 0 fully saturated rings. The highest BCUT2D eigenvalue weighted by Gasteiger charge is 1.99. The number of alkyl halides is 1. The zero-order chi connectivity index (χ0) is 11.1.